The Labute approximate surface area is 240 Å². The van der Waals surface area contributed by atoms with Crippen molar-refractivity contribution in [3.63, 3.8) is 0 Å². The summed E-state index contributed by atoms with van der Waals surface area (Å²) in [6.45, 7) is 2.19. The topological polar surface area (TPSA) is 136 Å². The summed E-state index contributed by atoms with van der Waals surface area (Å²) in [4.78, 5) is 19.2. The number of anilines is 5. The molecule has 15 heteroatoms. The lowest BCUT2D eigenvalue weighted by Gasteiger charge is -2.15. The molecule has 0 saturated carbocycles. The van der Waals surface area contributed by atoms with Gasteiger partial charge >= 0.3 is 0 Å². The molecule has 0 unspecified atom stereocenters. The number of nitrogens with zero attached hydrogens (tertiary/aromatic N) is 7. The molecule has 41 heavy (non-hydrogen) atoms. The van der Waals surface area contributed by atoms with Gasteiger partial charge in [-0.05, 0) is 37.1 Å². The molecule has 1 saturated heterocycles. The number of pyridine rings is 2. The van der Waals surface area contributed by atoms with Crippen molar-refractivity contribution in [1.82, 2.24) is 40.3 Å². The highest BCUT2D eigenvalue weighted by Gasteiger charge is 2.22. The van der Waals surface area contributed by atoms with Crippen molar-refractivity contribution < 1.29 is 8.78 Å². The van der Waals surface area contributed by atoms with Gasteiger partial charge in [0.1, 0.15) is 28.0 Å². The van der Waals surface area contributed by atoms with Crippen molar-refractivity contribution in [2.45, 2.75) is 12.8 Å². The van der Waals surface area contributed by atoms with Gasteiger partial charge in [-0.2, -0.15) is 19.0 Å². The van der Waals surface area contributed by atoms with Crippen molar-refractivity contribution in [3.05, 3.63) is 78.5 Å². The van der Waals surface area contributed by atoms with Gasteiger partial charge in [0.05, 0.1) is 12.4 Å². The zero-order valence-electron chi connectivity index (χ0n) is 21.4. The molecule has 0 spiro atoms. The van der Waals surface area contributed by atoms with E-state index < -0.39 is 11.1 Å². The summed E-state index contributed by atoms with van der Waals surface area (Å²) >= 11 is 2.49. The van der Waals surface area contributed by atoms with E-state index in [0.717, 1.165) is 46.6 Å². The lowest BCUT2D eigenvalue weighted by atomic mass is 10.2. The van der Waals surface area contributed by atoms with Crippen LogP contribution < -0.4 is 15.5 Å². The van der Waals surface area contributed by atoms with Gasteiger partial charge in [-0.3, -0.25) is 10.2 Å². The molecule has 1 aliphatic rings. The number of aromatic nitrogens is 8. The van der Waals surface area contributed by atoms with E-state index in [4.69, 9.17) is 4.98 Å². The third-order valence-electron chi connectivity index (χ3n) is 5.98. The first-order valence-corrected chi connectivity index (χ1v) is 14.2. The van der Waals surface area contributed by atoms with Crippen LogP contribution in [0.5, 0.6) is 0 Å². The lowest BCUT2D eigenvalue weighted by molar-refractivity contribution is 0.585. The van der Waals surface area contributed by atoms with Crippen LogP contribution in [0.2, 0.25) is 0 Å². The van der Waals surface area contributed by atoms with Gasteiger partial charge in [0.15, 0.2) is 10.3 Å². The van der Waals surface area contributed by atoms with Crippen molar-refractivity contribution in [2.75, 3.05) is 28.6 Å². The molecule has 0 radical (unpaired) electrons. The molecule has 4 N–H and O–H groups in total. The highest BCUT2D eigenvalue weighted by Crippen LogP contribution is 2.40. The Balaban J connectivity index is 0.000000149. The smallest absolute Gasteiger partial charge is 0.214 e. The molecule has 0 amide bonds. The van der Waals surface area contributed by atoms with Gasteiger partial charge in [0.25, 0.3) is 0 Å². The first-order chi connectivity index (χ1) is 20.1. The Kier molecular flexibility index (Phi) is 7.86. The average Bonchev–Trinajstić information content (AvgIpc) is 3.81. The standard InChI is InChI=1S/C15H16N6S.C11H7F2N5S/c1-2-6-16-12(5-1)19-15-20-13(11-9-17-18-10-11)14(22-15)21-7-3-4-8-21;12-7-2-1-3-8(16-7)17-11-18-9(10(13)19-11)6-4-14-15-5-6/h1-2,5-6,9-10H,3-4,7-8H2,(H,17,18)(H,16,19,20);1-5H,(H,14,15)(H,16,17,18). The van der Waals surface area contributed by atoms with E-state index in [1.165, 1.54) is 36.2 Å². The van der Waals surface area contributed by atoms with Gasteiger partial charge in [0, 0.05) is 42.8 Å². The Morgan fingerprint density at radius 3 is 2.12 bits per heavy atom. The van der Waals surface area contributed by atoms with Crippen LogP contribution in [-0.2, 0) is 0 Å². The van der Waals surface area contributed by atoms with Gasteiger partial charge in [-0.25, -0.2) is 19.9 Å². The van der Waals surface area contributed by atoms with Crippen molar-refractivity contribution >= 4 is 49.6 Å². The highest BCUT2D eigenvalue weighted by molar-refractivity contribution is 7.20. The quantitative estimate of drug-likeness (QED) is 0.159. The molecule has 1 aliphatic heterocycles. The Morgan fingerprint density at radius 1 is 0.756 bits per heavy atom. The summed E-state index contributed by atoms with van der Waals surface area (Å²) in [5, 5.41) is 21.2. The maximum Gasteiger partial charge on any atom is 0.214 e. The van der Waals surface area contributed by atoms with Crippen LogP contribution in [0.3, 0.4) is 0 Å². The van der Waals surface area contributed by atoms with Crippen LogP contribution in [0.1, 0.15) is 12.8 Å². The number of hydrogen-bond acceptors (Lipinski definition) is 11. The fourth-order valence-corrected chi connectivity index (χ4v) is 5.89. The van der Waals surface area contributed by atoms with Crippen molar-refractivity contribution in [3.8, 4) is 22.5 Å². The average molecular weight is 592 g/mol. The number of H-pyrrole nitrogens is 2. The van der Waals surface area contributed by atoms with Gasteiger partial charge < -0.3 is 15.5 Å². The number of hydrogen-bond donors (Lipinski definition) is 4. The molecule has 0 aliphatic carbocycles. The van der Waals surface area contributed by atoms with E-state index in [0.29, 0.717) is 10.7 Å². The van der Waals surface area contributed by atoms with E-state index in [1.54, 1.807) is 29.8 Å². The van der Waals surface area contributed by atoms with E-state index in [2.05, 4.69) is 50.9 Å². The third kappa shape index (κ3) is 6.36. The van der Waals surface area contributed by atoms with Crippen molar-refractivity contribution in [2.24, 2.45) is 0 Å². The van der Waals surface area contributed by atoms with Crippen LogP contribution in [0.4, 0.5) is 35.7 Å². The Bertz CT molecular complexity index is 1680. The van der Waals surface area contributed by atoms with E-state index in [1.807, 2.05) is 30.6 Å². The minimum Gasteiger partial charge on any atom is -0.362 e. The predicted octanol–water partition coefficient (Wildman–Crippen LogP) is 6.22. The monoisotopic (exact) mass is 591 g/mol. The number of halogens is 2. The zero-order valence-corrected chi connectivity index (χ0v) is 23.0. The molecule has 6 aromatic rings. The molecule has 0 atom stereocenters. The van der Waals surface area contributed by atoms with Crippen LogP contribution in [-0.4, -0.2) is 53.4 Å². The largest absolute Gasteiger partial charge is 0.362 e. The molecule has 0 bridgehead atoms. The summed E-state index contributed by atoms with van der Waals surface area (Å²) in [6, 6.07) is 10.1. The molecule has 6 aromatic heterocycles. The number of nitrogens with one attached hydrogen (secondary N) is 4. The molecule has 208 valence electrons. The predicted molar refractivity (Wildman–Crippen MR) is 156 cm³/mol. The maximum atomic E-state index is 13.7. The van der Waals surface area contributed by atoms with Crippen molar-refractivity contribution in [1.29, 1.82) is 0 Å². The molecular formula is C26H23F2N11S2. The summed E-state index contributed by atoms with van der Waals surface area (Å²) in [5.74, 6) is 0.465. The summed E-state index contributed by atoms with van der Waals surface area (Å²) in [5.41, 5.74) is 2.75. The maximum absolute atomic E-state index is 13.7. The second-order valence-electron chi connectivity index (χ2n) is 8.79. The van der Waals surface area contributed by atoms with E-state index >= 15 is 0 Å². The van der Waals surface area contributed by atoms with Gasteiger partial charge in [-0.15, -0.1) is 0 Å². The summed E-state index contributed by atoms with van der Waals surface area (Å²) in [6.07, 6.45) is 11.0. The molecule has 0 aromatic carbocycles. The second-order valence-corrected chi connectivity index (χ2v) is 10.7. The second kappa shape index (κ2) is 12.2. The Morgan fingerprint density at radius 2 is 1.44 bits per heavy atom. The molecule has 7 heterocycles. The molecule has 1 fully saturated rings. The molecular weight excluding hydrogens is 568 g/mol. The SMILES string of the molecule is Fc1cccc(Nc2nc(-c3cn[nH]c3)c(F)s2)n1.c1ccc(Nc2nc(-c3cn[nH]c3)c(N3CCCC3)s2)nc1. The summed E-state index contributed by atoms with van der Waals surface area (Å²) in [7, 11) is 0. The number of thiazole rings is 2. The van der Waals surface area contributed by atoms with Crippen LogP contribution >= 0.6 is 22.7 Å². The molecule has 7 rings (SSSR count). The minimum atomic E-state index is -0.614. The third-order valence-corrected chi connectivity index (χ3v) is 7.77. The van der Waals surface area contributed by atoms with Crippen LogP contribution in [0, 0.1) is 11.1 Å². The lowest BCUT2D eigenvalue weighted by Crippen LogP contribution is -2.16. The van der Waals surface area contributed by atoms with Gasteiger partial charge in [0.2, 0.25) is 11.1 Å². The van der Waals surface area contributed by atoms with Crippen LogP contribution in [0.15, 0.2) is 67.4 Å². The summed E-state index contributed by atoms with van der Waals surface area (Å²) < 4.78 is 26.7. The minimum absolute atomic E-state index is 0.192. The fraction of sp³-hybridized carbons (Fsp3) is 0.154. The van der Waals surface area contributed by atoms with E-state index in [9.17, 15) is 8.78 Å². The zero-order chi connectivity index (χ0) is 28.0. The Hall–Kier alpha value is -4.76. The fourth-order valence-electron chi connectivity index (χ4n) is 4.12. The first kappa shape index (κ1) is 26.5. The van der Waals surface area contributed by atoms with E-state index in [-0.39, 0.29) is 11.5 Å². The first-order valence-electron chi connectivity index (χ1n) is 12.6. The highest BCUT2D eigenvalue weighted by atomic mass is 32.1. The number of aromatic amines is 2. The molecule has 11 nitrogen and oxygen atoms in total. The normalized spacial score (nSPS) is 12.7. The number of rotatable bonds is 7. The van der Waals surface area contributed by atoms with Crippen LogP contribution in [0.25, 0.3) is 22.5 Å². The van der Waals surface area contributed by atoms with Gasteiger partial charge in [-0.1, -0.05) is 34.8 Å².